The van der Waals surface area contributed by atoms with Crippen molar-refractivity contribution in [3.8, 4) is 0 Å². The van der Waals surface area contributed by atoms with Gasteiger partial charge >= 0.3 is 0 Å². The molecular weight excluding hydrogens is 381 g/mol. The Balaban J connectivity index is 1.58. The Morgan fingerprint density at radius 1 is 1.03 bits per heavy atom. The zero-order valence-corrected chi connectivity index (χ0v) is 16.4. The maximum atomic E-state index is 13.4. The quantitative estimate of drug-likeness (QED) is 0.650. The predicted molar refractivity (Wildman–Crippen MR) is 116 cm³/mol. The van der Waals surface area contributed by atoms with E-state index in [-0.39, 0.29) is 5.82 Å². The van der Waals surface area contributed by atoms with E-state index < -0.39 is 0 Å². The Hall–Kier alpha value is -3.94. The van der Waals surface area contributed by atoms with Crippen molar-refractivity contribution < 1.29 is 4.39 Å². The topological polar surface area (TPSA) is 88.0 Å². The zero-order chi connectivity index (χ0) is 20.8. The molecule has 30 heavy (non-hydrogen) atoms. The van der Waals surface area contributed by atoms with Gasteiger partial charge in [-0.25, -0.2) is 4.39 Å². The lowest BCUT2D eigenvalue weighted by Crippen LogP contribution is -2.14. The van der Waals surface area contributed by atoms with E-state index >= 15 is 0 Å². The van der Waals surface area contributed by atoms with Crippen LogP contribution in [0.1, 0.15) is 23.9 Å². The summed E-state index contributed by atoms with van der Waals surface area (Å²) in [5.41, 5.74) is 2.93. The molecule has 0 unspecified atom stereocenters. The summed E-state index contributed by atoms with van der Waals surface area (Å²) in [7, 11) is 0. The molecule has 0 radical (unpaired) electrons. The average Bonchev–Trinajstić information content (AvgIpc) is 3.16. The fraction of sp³-hybridized carbons (Fsp3) is 0.136. The number of amidine groups is 1. The molecule has 8 heteroatoms. The molecule has 1 aliphatic heterocycles. The molecule has 1 aliphatic rings. The summed E-state index contributed by atoms with van der Waals surface area (Å²) in [6, 6.07) is 10.1. The fourth-order valence-electron chi connectivity index (χ4n) is 2.79. The van der Waals surface area contributed by atoms with Crippen LogP contribution in [0.3, 0.4) is 0 Å². The van der Waals surface area contributed by atoms with Gasteiger partial charge in [-0.1, -0.05) is 18.2 Å². The van der Waals surface area contributed by atoms with Gasteiger partial charge < -0.3 is 10.6 Å². The van der Waals surface area contributed by atoms with Crippen LogP contribution in [0.2, 0.25) is 0 Å². The van der Waals surface area contributed by atoms with Crippen LogP contribution in [-0.4, -0.2) is 32.3 Å². The van der Waals surface area contributed by atoms with Gasteiger partial charge in [-0.3, -0.25) is 9.98 Å². The van der Waals surface area contributed by atoms with E-state index in [9.17, 15) is 4.39 Å². The normalized spacial score (nSPS) is 13.3. The van der Waals surface area contributed by atoms with E-state index in [1.807, 2.05) is 31.2 Å². The minimum atomic E-state index is -0.295. The van der Waals surface area contributed by atoms with E-state index in [4.69, 9.17) is 0 Å². The van der Waals surface area contributed by atoms with Crippen LogP contribution in [0.5, 0.6) is 0 Å². The van der Waals surface area contributed by atoms with Crippen molar-refractivity contribution in [1.82, 2.24) is 19.9 Å². The first-order valence-corrected chi connectivity index (χ1v) is 9.45. The van der Waals surface area contributed by atoms with E-state index in [1.54, 1.807) is 30.6 Å². The van der Waals surface area contributed by atoms with Gasteiger partial charge in [-0.2, -0.15) is 15.0 Å². The third kappa shape index (κ3) is 5.32. The number of aliphatic imine (C=N–C) groups is 1. The number of anilines is 2. The SMILES string of the molecule is CC1=CC(Nc2nc(/C=C/c3cccc(F)c3)nc(NCc3ccncc3)n2)=NC1. The third-order valence-electron chi connectivity index (χ3n) is 4.25. The summed E-state index contributed by atoms with van der Waals surface area (Å²) in [6.45, 7) is 3.21. The van der Waals surface area contributed by atoms with E-state index in [0.29, 0.717) is 36.6 Å². The van der Waals surface area contributed by atoms with E-state index in [1.165, 1.54) is 12.1 Å². The number of pyridine rings is 1. The molecule has 2 aromatic heterocycles. The van der Waals surface area contributed by atoms with Gasteiger partial charge in [0, 0.05) is 18.9 Å². The molecule has 2 N–H and O–H groups in total. The Morgan fingerprint density at radius 3 is 2.63 bits per heavy atom. The van der Waals surface area contributed by atoms with Gasteiger partial charge in [0.05, 0.1) is 6.54 Å². The van der Waals surface area contributed by atoms with Crippen molar-refractivity contribution in [2.75, 3.05) is 17.2 Å². The monoisotopic (exact) mass is 401 g/mol. The van der Waals surface area contributed by atoms with Crippen LogP contribution >= 0.6 is 0 Å². The standard InChI is InChI=1S/C22H20FN7/c1-15-11-20(25-13-15)29-22-28-19(6-5-16-3-2-4-18(23)12-16)27-21(30-22)26-14-17-7-9-24-10-8-17/h2-12H,13-14H2,1H3,(H2,25,26,27,28,29,30)/b6-5+. The van der Waals surface area contributed by atoms with Gasteiger partial charge in [-0.15, -0.1) is 0 Å². The minimum absolute atomic E-state index is 0.295. The van der Waals surface area contributed by atoms with E-state index in [2.05, 4.69) is 35.6 Å². The van der Waals surface area contributed by atoms with Crippen molar-refractivity contribution in [2.24, 2.45) is 4.99 Å². The summed E-state index contributed by atoms with van der Waals surface area (Å²) in [5.74, 6) is 1.65. The van der Waals surface area contributed by atoms with Crippen LogP contribution in [0.25, 0.3) is 12.2 Å². The molecule has 0 saturated heterocycles. The van der Waals surface area contributed by atoms with Crippen LogP contribution in [0.15, 0.2) is 65.4 Å². The summed E-state index contributed by atoms with van der Waals surface area (Å²) < 4.78 is 13.4. The first-order chi connectivity index (χ1) is 14.6. The van der Waals surface area contributed by atoms with Gasteiger partial charge in [-0.05, 0) is 60.0 Å². The molecule has 4 rings (SSSR count). The minimum Gasteiger partial charge on any atom is -0.350 e. The Morgan fingerprint density at radius 2 is 1.87 bits per heavy atom. The highest BCUT2D eigenvalue weighted by Crippen LogP contribution is 2.13. The molecule has 0 atom stereocenters. The average molecular weight is 401 g/mol. The molecule has 3 aromatic rings. The number of nitrogens with one attached hydrogen (secondary N) is 2. The molecule has 3 heterocycles. The largest absolute Gasteiger partial charge is 0.350 e. The molecule has 150 valence electrons. The Kier molecular flexibility index (Phi) is 5.84. The zero-order valence-electron chi connectivity index (χ0n) is 16.4. The molecule has 0 aliphatic carbocycles. The van der Waals surface area contributed by atoms with Gasteiger partial charge in [0.25, 0.3) is 0 Å². The van der Waals surface area contributed by atoms with Crippen molar-refractivity contribution in [3.05, 3.63) is 83.2 Å². The maximum absolute atomic E-state index is 13.4. The number of hydrogen-bond acceptors (Lipinski definition) is 7. The Bertz CT molecular complexity index is 1120. The number of rotatable bonds is 6. The van der Waals surface area contributed by atoms with Crippen LogP contribution in [0, 0.1) is 5.82 Å². The van der Waals surface area contributed by atoms with Crippen molar-refractivity contribution >= 4 is 29.9 Å². The van der Waals surface area contributed by atoms with Gasteiger partial charge in [0.15, 0.2) is 5.82 Å². The fourth-order valence-corrected chi connectivity index (χ4v) is 2.79. The summed E-state index contributed by atoms with van der Waals surface area (Å²) >= 11 is 0. The highest BCUT2D eigenvalue weighted by atomic mass is 19.1. The lowest BCUT2D eigenvalue weighted by Gasteiger charge is -2.08. The number of halogens is 1. The predicted octanol–water partition coefficient (Wildman–Crippen LogP) is 3.96. The number of benzene rings is 1. The van der Waals surface area contributed by atoms with Gasteiger partial charge in [0.2, 0.25) is 11.9 Å². The molecule has 0 saturated carbocycles. The van der Waals surface area contributed by atoms with Crippen LogP contribution < -0.4 is 10.6 Å². The van der Waals surface area contributed by atoms with Crippen molar-refractivity contribution in [3.63, 3.8) is 0 Å². The number of nitrogens with zero attached hydrogens (tertiary/aromatic N) is 5. The molecule has 0 bridgehead atoms. The van der Waals surface area contributed by atoms with Gasteiger partial charge in [0.1, 0.15) is 11.7 Å². The third-order valence-corrected chi connectivity index (χ3v) is 4.25. The second-order valence-corrected chi connectivity index (χ2v) is 6.76. The molecule has 0 fully saturated rings. The highest BCUT2D eigenvalue weighted by molar-refractivity contribution is 6.04. The summed E-state index contributed by atoms with van der Waals surface area (Å²) in [6.07, 6.45) is 8.90. The number of aromatic nitrogens is 4. The van der Waals surface area contributed by atoms with Crippen LogP contribution in [-0.2, 0) is 6.54 Å². The first-order valence-electron chi connectivity index (χ1n) is 9.45. The summed E-state index contributed by atoms with van der Waals surface area (Å²) in [5, 5.41) is 6.33. The van der Waals surface area contributed by atoms with E-state index in [0.717, 1.165) is 16.7 Å². The molecule has 0 amide bonds. The smallest absolute Gasteiger partial charge is 0.233 e. The lowest BCUT2D eigenvalue weighted by molar-refractivity contribution is 0.627. The lowest BCUT2D eigenvalue weighted by atomic mass is 10.2. The maximum Gasteiger partial charge on any atom is 0.233 e. The summed E-state index contributed by atoms with van der Waals surface area (Å²) in [4.78, 5) is 21.7. The Labute approximate surface area is 173 Å². The van der Waals surface area contributed by atoms with Crippen molar-refractivity contribution in [1.29, 1.82) is 0 Å². The molecule has 7 nitrogen and oxygen atoms in total. The first kappa shape index (κ1) is 19.4. The van der Waals surface area contributed by atoms with Crippen molar-refractivity contribution in [2.45, 2.75) is 13.5 Å². The molecule has 0 spiro atoms. The van der Waals surface area contributed by atoms with Crippen LogP contribution in [0.4, 0.5) is 16.3 Å². The second-order valence-electron chi connectivity index (χ2n) is 6.76. The second kappa shape index (κ2) is 9.04. The number of hydrogen-bond donors (Lipinski definition) is 2. The molecular formula is C22H20FN7. The molecule has 1 aromatic carbocycles. The highest BCUT2D eigenvalue weighted by Gasteiger charge is 2.09.